The molecule has 0 spiro atoms. The summed E-state index contributed by atoms with van der Waals surface area (Å²) in [6.45, 7) is 3.60. The molecule has 0 bridgehead atoms. The van der Waals surface area contributed by atoms with Gasteiger partial charge in [-0.1, -0.05) is 6.07 Å². The monoisotopic (exact) mass is 318 g/mol. The van der Waals surface area contributed by atoms with E-state index in [-0.39, 0.29) is 17.6 Å². The van der Waals surface area contributed by atoms with Crippen LogP contribution < -0.4 is 10.1 Å². The first-order chi connectivity index (χ1) is 11.3. The van der Waals surface area contributed by atoms with Crippen molar-refractivity contribution < 1.29 is 13.5 Å². The van der Waals surface area contributed by atoms with E-state index in [1.165, 1.54) is 26.0 Å². The summed E-state index contributed by atoms with van der Waals surface area (Å²) in [6, 6.07) is 9.25. The van der Waals surface area contributed by atoms with Gasteiger partial charge in [-0.15, -0.1) is 0 Å². The summed E-state index contributed by atoms with van der Waals surface area (Å²) in [4.78, 5) is 2.44. The molecular weight excluding hydrogens is 295 g/mol. The summed E-state index contributed by atoms with van der Waals surface area (Å²) in [5.41, 5.74) is 0.905. The van der Waals surface area contributed by atoms with Gasteiger partial charge in [0.2, 0.25) is 0 Å². The molecule has 3 rings (SSSR count). The van der Waals surface area contributed by atoms with Crippen LogP contribution in [0.25, 0.3) is 0 Å². The minimum absolute atomic E-state index is 0.232. The Labute approximate surface area is 136 Å². The molecule has 2 aromatic rings. The molecule has 5 heteroatoms. The van der Waals surface area contributed by atoms with Crippen LogP contribution in [0.4, 0.5) is 4.39 Å². The van der Waals surface area contributed by atoms with Gasteiger partial charge in [-0.2, -0.15) is 0 Å². The van der Waals surface area contributed by atoms with Gasteiger partial charge in [0.1, 0.15) is 5.76 Å². The number of halogens is 1. The van der Waals surface area contributed by atoms with Gasteiger partial charge in [-0.3, -0.25) is 4.90 Å². The van der Waals surface area contributed by atoms with Crippen LogP contribution in [0.3, 0.4) is 0 Å². The van der Waals surface area contributed by atoms with E-state index in [1.807, 2.05) is 18.2 Å². The maximum Gasteiger partial charge on any atom is 0.165 e. The van der Waals surface area contributed by atoms with E-state index in [9.17, 15) is 4.39 Å². The van der Waals surface area contributed by atoms with Crippen LogP contribution in [-0.4, -0.2) is 31.6 Å². The summed E-state index contributed by atoms with van der Waals surface area (Å²) >= 11 is 0. The number of nitrogens with one attached hydrogen (secondary N) is 1. The van der Waals surface area contributed by atoms with Gasteiger partial charge in [0, 0.05) is 13.1 Å². The van der Waals surface area contributed by atoms with Crippen molar-refractivity contribution in [3.8, 4) is 5.75 Å². The van der Waals surface area contributed by atoms with Gasteiger partial charge >= 0.3 is 0 Å². The van der Waals surface area contributed by atoms with E-state index in [0.717, 1.165) is 31.0 Å². The van der Waals surface area contributed by atoms with Crippen LogP contribution in [0.5, 0.6) is 5.75 Å². The molecule has 0 saturated carbocycles. The summed E-state index contributed by atoms with van der Waals surface area (Å²) in [5, 5.41) is 3.42. The van der Waals surface area contributed by atoms with E-state index in [1.54, 1.807) is 12.3 Å². The van der Waals surface area contributed by atoms with E-state index >= 15 is 0 Å². The Morgan fingerprint density at radius 1 is 1.30 bits per heavy atom. The maximum atomic E-state index is 13.7. The Morgan fingerprint density at radius 2 is 2.13 bits per heavy atom. The molecule has 1 N–H and O–H groups in total. The number of likely N-dealkylation sites (tertiary alicyclic amines) is 1. The first-order valence-corrected chi connectivity index (χ1v) is 8.08. The molecule has 1 aliphatic rings. The molecule has 1 saturated heterocycles. The molecule has 2 heterocycles. The lowest BCUT2D eigenvalue weighted by molar-refractivity contribution is 0.209. The topological polar surface area (TPSA) is 37.6 Å². The average molecular weight is 318 g/mol. The lowest BCUT2D eigenvalue weighted by atomic mass is 10.1. The Hall–Kier alpha value is -1.85. The Bertz CT molecular complexity index is 609. The minimum Gasteiger partial charge on any atom is -0.494 e. The SMILES string of the molecule is COc1ccc(CNCC(c2ccco2)N2CCCC2)cc1F. The van der Waals surface area contributed by atoms with Gasteiger partial charge in [0.15, 0.2) is 11.6 Å². The highest BCUT2D eigenvalue weighted by Crippen LogP contribution is 2.25. The Morgan fingerprint density at radius 3 is 2.78 bits per heavy atom. The van der Waals surface area contributed by atoms with Crippen LogP contribution in [0.15, 0.2) is 41.0 Å². The highest BCUT2D eigenvalue weighted by molar-refractivity contribution is 5.29. The molecule has 1 fully saturated rings. The number of ether oxygens (including phenoxy) is 1. The molecule has 0 aliphatic carbocycles. The third-order valence-corrected chi connectivity index (χ3v) is 4.34. The highest BCUT2D eigenvalue weighted by atomic mass is 19.1. The smallest absolute Gasteiger partial charge is 0.165 e. The quantitative estimate of drug-likeness (QED) is 0.849. The minimum atomic E-state index is -0.325. The first kappa shape index (κ1) is 16.0. The number of hydrogen-bond acceptors (Lipinski definition) is 4. The van der Waals surface area contributed by atoms with Crippen LogP contribution >= 0.6 is 0 Å². The van der Waals surface area contributed by atoms with Crippen molar-refractivity contribution in [2.75, 3.05) is 26.7 Å². The Balaban J connectivity index is 1.59. The standard InChI is InChI=1S/C18H23FN2O2/c1-22-17-7-6-14(11-15(17)19)12-20-13-16(18-5-4-10-23-18)21-8-2-3-9-21/h4-7,10-11,16,20H,2-3,8-9,12-13H2,1H3. The average Bonchev–Trinajstić information content (AvgIpc) is 3.25. The summed E-state index contributed by atoms with van der Waals surface area (Å²) in [5.74, 6) is 0.938. The van der Waals surface area contributed by atoms with Crippen LogP contribution in [-0.2, 0) is 6.54 Å². The molecule has 0 radical (unpaired) electrons. The number of hydrogen-bond donors (Lipinski definition) is 1. The third-order valence-electron chi connectivity index (χ3n) is 4.34. The van der Waals surface area contributed by atoms with Gasteiger partial charge in [0.05, 0.1) is 19.4 Å². The van der Waals surface area contributed by atoms with Crippen molar-refractivity contribution in [2.24, 2.45) is 0 Å². The molecule has 23 heavy (non-hydrogen) atoms. The number of furan rings is 1. The second-order valence-corrected chi connectivity index (χ2v) is 5.87. The van der Waals surface area contributed by atoms with E-state index in [4.69, 9.17) is 9.15 Å². The van der Waals surface area contributed by atoms with Crippen molar-refractivity contribution in [3.63, 3.8) is 0 Å². The molecule has 4 nitrogen and oxygen atoms in total. The van der Waals surface area contributed by atoms with Crippen molar-refractivity contribution >= 4 is 0 Å². The van der Waals surface area contributed by atoms with Crippen molar-refractivity contribution in [1.82, 2.24) is 10.2 Å². The summed E-state index contributed by atoms with van der Waals surface area (Å²) in [7, 11) is 1.47. The first-order valence-electron chi connectivity index (χ1n) is 8.08. The van der Waals surface area contributed by atoms with Gasteiger partial charge in [0.25, 0.3) is 0 Å². The molecule has 1 atom stereocenters. The van der Waals surface area contributed by atoms with Crippen LogP contribution in [0, 0.1) is 5.82 Å². The van der Waals surface area contributed by atoms with Crippen LogP contribution in [0.1, 0.15) is 30.2 Å². The Kier molecular flexibility index (Phi) is 5.31. The largest absolute Gasteiger partial charge is 0.494 e. The van der Waals surface area contributed by atoms with Crippen molar-refractivity contribution in [3.05, 3.63) is 53.7 Å². The van der Waals surface area contributed by atoms with E-state index in [0.29, 0.717) is 6.54 Å². The fraction of sp³-hybridized carbons (Fsp3) is 0.444. The summed E-state index contributed by atoms with van der Waals surface area (Å²) < 4.78 is 24.3. The zero-order valence-electron chi connectivity index (χ0n) is 13.4. The highest BCUT2D eigenvalue weighted by Gasteiger charge is 2.25. The maximum absolute atomic E-state index is 13.7. The molecule has 1 aromatic heterocycles. The molecular formula is C18H23FN2O2. The number of benzene rings is 1. The van der Waals surface area contributed by atoms with Gasteiger partial charge in [-0.25, -0.2) is 4.39 Å². The zero-order chi connectivity index (χ0) is 16.1. The van der Waals surface area contributed by atoms with Crippen LogP contribution in [0.2, 0.25) is 0 Å². The summed E-state index contributed by atoms with van der Waals surface area (Å²) in [6.07, 6.45) is 4.19. The van der Waals surface area contributed by atoms with Gasteiger partial charge in [-0.05, 0) is 55.8 Å². The lowest BCUT2D eigenvalue weighted by Gasteiger charge is -2.26. The fourth-order valence-corrected chi connectivity index (χ4v) is 3.12. The number of nitrogens with zero attached hydrogens (tertiary/aromatic N) is 1. The fourth-order valence-electron chi connectivity index (χ4n) is 3.12. The number of methoxy groups -OCH3 is 1. The van der Waals surface area contributed by atoms with Crippen molar-refractivity contribution in [2.45, 2.75) is 25.4 Å². The molecule has 1 aliphatic heterocycles. The predicted octanol–water partition coefficient (Wildman–Crippen LogP) is 3.35. The molecule has 124 valence electrons. The normalized spacial score (nSPS) is 16.6. The van der Waals surface area contributed by atoms with Gasteiger partial charge < -0.3 is 14.5 Å². The molecule has 1 unspecified atom stereocenters. The van der Waals surface area contributed by atoms with Crippen molar-refractivity contribution in [1.29, 1.82) is 0 Å². The lowest BCUT2D eigenvalue weighted by Crippen LogP contribution is -2.33. The van der Waals surface area contributed by atoms with E-state index < -0.39 is 0 Å². The number of rotatable bonds is 7. The molecule has 1 aromatic carbocycles. The predicted molar refractivity (Wildman–Crippen MR) is 86.9 cm³/mol. The second kappa shape index (κ2) is 7.62. The van der Waals surface area contributed by atoms with E-state index in [2.05, 4.69) is 10.2 Å². The molecule has 0 amide bonds. The second-order valence-electron chi connectivity index (χ2n) is 5.87. The third kappa shape index (κ3) is 3.92. The zero-order valence-corrected chi connectivity index (χ0v) is 13.4.